The Labute approximate surface area is 124 Å². The lowest BCUT2D eigenvalue weighted by Gasteiger charge is -2.23. The zero-order valence-corrected chi connectivity index (χ0v) is 12.4. The van der Waals surface area contributed by atoms with Gasteiger partial charge >= 0.3 is 0 Å². The predicted molar refractivity (Wildman–Crippen MR) is 85.8 cm³/mol. The number of benzene rings is 2. The van der Waals surface area contributed by atoms with Crippen molar-refractivity contribution < 1.29 is 0 Å². The Balaban J connectivity index is 2.29. The topological polar surface area (TPSA) is 53.1 Å². The van der Waals surface area contributed by atoms with Crippen LogP contribution in [0.15, 0.2) is 42.5 Å². The number of nitrogens with two attached hydrogens (primary N) is 1. The maximum Gasteiger partial charge on any atom is 0.126 e. The van der Waals surface area contributed by atoms with Gasteiger partial charge in [0.15, 0.2) is 0 Å². The van der Waals surface area contributed by atoms with E-state index in [0.717, 1.165) is 12.2 Å². The van der Waals surface area contributed by atoms with Gasteiger partial charge in [0, 0.05) is 19.3 Å². The van der Waals surface area contributed by atoms with E-state index >= 15 is 0 Å². The van der Waals surface area contributed by atoms with Gasteiger partial charge in [-0.05, 0) is 24.6 Å². The maximum atomic E-state index is 7.68. The highest BCUT2D eigenvalue weighted by atomic mass is 35.5. The van der Waals surface area contributed by atoms with Crippen LogP contribution in [-0.4, -0.2) is 12.9 Å². The van der Waals surface area contributed by atoms with Gasteiger partial charge in [0.05, 0.1) is 10.6 Å². The van der Waals surface area contributed by atoms with Gasteiger partial charge < -0.3 is 10.6 Å². The summed E-state index contributed by atoms with van der Waals surface area (Å²) in [6.07, 6.45) is 0. The number of aryl methyl sites for hydroxylation is 1. The zero-order chi connectivity index (χ0) is 14.7. The third-order valence-corrected chi connectivity index (χ3v) is 3.53. The van der Waals surface area contributed by atoms with E-state index in [2.05, 4.69) is 31.2 Å². The molecule has 3 nitrogen and oxygen atoms in total. The van der Waals surface area contributed by atoms with Crippen LogP contribution in [0.3, 0.4) is 0 Å². The fraction of sp³-hybridized carbons (Fsp3) is 0.188. The summed E-state index contributed by atoms with van der Waals surface area (Å²) in [5.41, 5.74) is 9.53. The van der Waals surface area contributed by atoms with E-state index in [1.807, 2.05) is 24.1 Å². The van der Waals surface area contributed by atoms with E-state index < -0.39 is 0 Å². The summed E-state index contributed by atoms with van der Waals surface area (Å²) in [5.74, 6) is -0.0126. The quantitative estimate of drug-likeness (QED) is 0.667. The molecule has 0 bridgehead atoms. The van der Waals surface area contributed by atoms with Crippen molar-refractivity contribution in [3.05, 3.63) is 64.2 Å². The van der Waals surface area contributed by atoms with Crippen molar-refractivity contribution in [2.75, 3.05) is 11.9 Å². The second kappa shape index (κ2) is 5.97. The molecule has 0 spiro atoms. The summed E-state index contributed by atoms with van der Waals surface area (Å²) >= 11 is 6.14. The smallest absolute Gasteiger partial charge is 0.126 e. The Morgan fingerprint density at radius 3 is 2.45 bits per heavy atom. The normalized spacial score (nSPS) is 10.3. The van der Waals surface area contributed by atoms with Crippen LogP contribution in [-0.2, 0) is 6.54 Å². The van der Waals surface area contributed by atoms with E-state index in [1.54, 1.807) is 6.07 Å². The van der Waals surface area contributed by atoms with Crippen LogP contribution in [0.5, 0.6) is 0 Å². The average Bonchev–Trinajstić information content (AvgIpc) is 2.40. The molecule has 0 radical (unpaired) electrons. The highest BCUT2D eigenvalue weighted by Gasteiger charge is 2.13. The van der Waals surface area contributed by atoms with Crippen molar-refractivity contribution in [1.82, 2.24) is 0 Å². The fourth-order valence-corrected chi connectivity index (χ4v) is 2.42. The molecular weight excluding hydrogens is 270 g/mol. The zero-order valence-electron chi connectivity index (χ0n) is 11.7. The van der Waals surface area contributed by atoms with Gasteiger partial charge in [-0.1, -0.05) is 47.5 Å². The number of nitrogens with one attached hydrogen (secondary N) is 1. The predicted octanol–water partition coefficient (Wildman–Crippen LogP) is 3.57. The molecule has 104 valence electrons. The van der Waals surface area contributed by atoms with Crippen LogP contribution in [0.4, 0.5) is 5.69 Å². The molecule has 2 rings (SSSR count). The van der Waals surface area contributed by atoms with Crippen molar-refractivity contribution in [1.29, 1.82) is 5.41 Å². The van der Waals surface area contributed by atoms with Crippen LogP contribution in [0.25, 0.3) is 0 Å². The number of hydrogen-bond acceptors (Lipinski definition) is 2. The van der Waals surface area contributed by atoms with Crippen molar-refractivity contribution in [2.45, 2.75) is 13.5 Å². The molecule has 0 heterocycles. The second-order valence-corrected chi connectivity index (χ2v) is 5.30. The Morgan fingerprint density at radius 2 is 1.85 bits per heavy atom. The van der Waals surface area contributed by atoms with E-state index in [4.69, 9.17) is 22.7 Å². The summed E-state index contributed by atoms with van der Waals surface area (Å²) in [7, 11) is 1.97. The van der Waals surface area contributed by atoms with E-state index in [1.165, 1.54) is 11.1 Å². The van der Waals surface area contributed by atoms with Crippen molar-refractivity contribution >= 4 is 23.1 Å². The van der Waals surface area contributed by atoms with Crippen LogP contribution in [0.2, 0.25) is 5.02 Å². The average molecular weight is 288 g/mol. The van der Waals surface area contributed by atoms with Crippen molar-refractivity contribution in [3.8, 4) is 0 Å². The molecule has 0 amide bonds. The Kier molecular flexibility index (Phi) is 4.30. The first-order valence-corrected chi connectivity index (χ1v) is 6.76. The number of halogens is 1. The van der Waals surface area contributed by atoms with Crippen LogP contribution < -0.4 is 10.6 Å². The molecule has 0 fully saturated rings. The molecule has 0 saturated heterocycles. The molecule has 2 aromatic carbocycles. The van der Waals surface area contributed by atoms with Gasteiger partial charge in [0.25, 0.3) is 0 Å². The molecule has 0 aliphatic rings. The molecule has 0 aromatic heterocycles. The molecule has 3 N–H and O–H groups in total. The molecule has 0 saturated carbocycles. The summed E-state index contributed by atoms with van der Waals surface area (Å²) in [6, 6.07) is 13.9. The lowest BCUT2D eigenvalue weighted by atomic mass is 10.1. The molecule has 20 heavy (non-hydrogen) atoms. The largest absolute Gasteiger partial charge is 0.384 e. The van der Waals surface area contributed by atoms with Gasteiger partial charge in [-0.25, -0.2) is 0 Å². The van der Waals surface area contributed by atoms with Crippen LogP contribution in [0.1, 0.15) is 16.7 Å². The molecule has 0 unspecified atom stereocenters. The Hall–Kier alpha value is -2.00. The number of rotatable bonds is 4. The first-order valence-electron chi connectivity index (χ1n) is 6.38. The lowest BCUT2D eigenvalue weighted by molar-refractivity contribution is 0.920. The minimum atomic E-state index is -0.0126. The van der Waals surface area contributed by atoms with Gasteiger partial charge in [0.1, 0.15) is 5.84 Å². The molecule has 0 aliphatic heterocycles. The van der Waals surface area contributed by atoms with Gasteiger partial charge in [-0.3, -0.25) is 5.41 Å². The van der Waals surface area contributed by atoms with Gasteiger partial charge in [-0.2, -0.15) is 0 Å². The SMILES string of the molecule is Cc1ccc(CN(C)c2cccc(Cl)c2C(=N)N)cc1. The highest BCUT2D eigenvalue weighted by Crippen LogP contribution is 2.27. The number of anilines is 1. The molecule has 0 aliphatic carbocycles. The van der Waals surface area contributed by atoms with Crippen molar-refractivity contribution in [2.24, 2.45) is 5.73 Å². The number of amidine groups is 1. The third kappa shape index (κ3) is 3.11. The van der Waals surface area contributed by atoms with E-state index in [9.17, 15) is 0 Å². The fourth-order valence-electron chi connectivity index (χ4n) is 2.15. The summed E-state index contributed by atoms with van der Waals surface area (Å²) < 4.78 is 0. The van der Waals surface area contributed by atoms with Crippen molar-refractivity contribution in [3.63, 3.8) is 0 Å². The number of hydrogen-bond donors (Lipinski definition) is 2. The monoisotopic (exact) mass is 287 g/mol. The summed E-state index contributed by atoms with van der Waals surface area (Å²) in [5, 5.41) is 8.19. The Bertz CT molecular complexity index is 620. The molecule has 4 heteroatoms. The van der Waals surface area contributed by atoms with Crippen LogP contribution in [0, 0.1) is 12.3 Å². The molecule has 0 atom stereocenters. The number of nitrogen functional groups attached to an aromatic ring is 1. The standard InChI is InChI=1S/C16H18ClN3/c1-11-6-8-12(9-7-11)10-20(2)14-5-3-4-13(17)15(14)16(18)19/h3-9H,10H2,1-2H3,(H3,18,19). The minimum Gasteiger partial charge on any atom is -0.384 e. The maximum absolute atomic E-state index is 7.68. The van der Waals surface area contributed by atoms with E-state index in [-0.39, 0.29) is 5.84 Å². The lowest BCUT2D eigenvalue weighted by Crippen LogP contribution is -2.22. The third-order valence-electron chi connectivity index (χ3n) is 3.21. The number of nitrogens with zero attached hydrogens (tertiary/aromatic N) is 1. The summed E-state index contributed by atoms with van der Waals surface area (Å²) in [4.78, 5) is 2.05. The van der Waals surface area contributed by atoms with Crippen LogP contribution >= 0.6 is 11.6 Å². The Morgan fingerprint density at radius 1 is 1.20 bits per heavy atom. The first-order chi connectivity index (χ1) is 9.49. The first kappa shape index (κ1) is 14.4. The summed E-state index contributed by atoms with van der Waals surface area (Å²) in [6.45, 7) is 2.80. The van der Waals surface area contributed by atoms with Gasteiger partial charge in [0.2, 0.25) is 0 Å². The highest BCUT2D eigenvalue weighted by molar-refractivity contribution is 6.34. The second-order valence-electron chi connectivity index (χ2n) is 4.89. The molecule has 2 aromatic rings. The van der Waals surface area contributed by atoms with Gasteiger partial charge in [-0.15, -0.1) is 0 Å². The molecular formula is C16H18ClN3. The minimum absolute atomic E-state index is 0.0126. The van der Waals surface area contributed by atoms with E-state index in [0.29, 0.717) is 10.6 Å².